The van der Waals surface area contributed by atoms with Crippen molar-refractivity contribution in [1.29, 1.82) is 0 Å². The molecule has 0 spiro atoms. The van der Waals surface area contributed by atoms with Crippen LogP contribution in [0.3, 0.4) is 0 Å². The normalized spacial score (nSPS) is 13.3. The fourth-order valence-corrected chi connectivity index (χ4v) is 2.26. The van der Waals surface area contributed by atoms with Crippen molar-refractivity contribution in [2.24, 2.45) is 5.73 Å². The Morgan fingerprint density at radius 1 is 0.952 bits per heavy atom. The second-order valence-corrected chi connectivity index (χ2v) is 5.07. The molecule has 1 unspecified atom stereocenters. The monoisotopic (exact) mass is 297 g/mol. The number of rotatable bonds is 2. The van der Waals surface area contributed by atoms with Crippen LogP contribution in [0.25, 0.3) is 0 Å². The first-order valence-electron chi connectivity index (χ1n) is 6.39. The standard InChI is InChI=1S/C16H15F4N/c1-9-6-12(7-10(2)14(9)17)15(21)11-4-3-5-13(8-11)16(18,19)20/h3-8,15H,21H2,1-2H3. The van der Waals surface area contributed by atoms with Gasteiger partial charge in [-0.15, -0.1) is 0 Å². The van der Waals surface area contributed by atoms with E-state index in [9.17, 15) is 17.6 Å². The van der Waals surface area contributed by atoms with Crippen molar-refractivity contribution in [3.8, 4) is 0 Å². The van der Waals surface area contributed by atoms with E-state index in [-0.39, 0.29) is 5.82 Å². The first-order chi connectivity index (χ1) is 9.70. The molecule has 0 fully saturated rings. The molecule has 2 N–H and O–H groups in total. The van der Waals surface area contributed by atoms with Crippen molar-refractivity contribution < 1.29 is 17.6 Å². The van der Waals surface area contributed by atoms with E-state index in [2.05, 4.69) is 0 Å². The van der Waals surface area contributed by atoms with E-state index in [1.165, 1.54) is 12.1 Å². The van der Waals surface area contributed by atoms with Crippen LogP contribution in [0.1, 0.15) is 33.9 Å². The van der Waals surface area contributed by atoms with Crippen molar-refractivity contribution in [3.05, 3.63) is 70.0 Å². The van der Waals surface area contributed by atoms with E-state index in [1.54, 1.807) is 26.0 Å². The molecule has 0 bridgehead atoms. The molecule has 0 aromatic heterocycles. The van der Waals surface area contributed by atoms with Crippen LogP contribution in [-0.2, 0) is 6.18 Å². The number of hydrogen-bond acceptors (Lipinski definition) is 1. The number of hydrogen-bond donors (Lipinski definition) is 1. The van der Waals surface area contributed by atoms with Gasteiger partial charge in [0.25, 0.3) is 0 Å². The highest BCUT2D eigenvalue weighted by molar-refractivity contribution is 5.39. The van der Waals surface area contributed by atoms with E-state index < -0.39 is 17.8 Å². The third-order valence-corrected chi connectivity index (χ3v) is 3.39. The van der Waals surface area contributed by atoms with Gasteiger partial charge in [-0.1, -0.05) is 24.3 Å². The molecule has 0 saturated heterocycles. The Morgan fingerprint density at radius 3 is 2.05 bits per heavy atom. The minimum atomic E-state index is -4.41. The molecule has 0 amide bonds. The summed E-state index contributed by atoms with van der Waals surface area (Å²) in [6, 6.07) is 7.27. The van der Waals surface area contributed by atoms with Crippen molar-refractivity contribution in [1.82, 2.24) is 0 Å². The van der Waals surface area contributed by atoms with Gasteiger partial charge in [-0.25, -0.2) is 4.39 Å². The summed E-state index contributed by atoms with van der Waals surface area (Å²) in [4.78, 5) is 0. The van der Waals surface area contributed by atoms with Crippen LogP contribution in [-0.4, -0.2) is 0 Å². The topological polar surface area (TPSA) is 26.0 Å². The third kappa shape index (κ3) is 3.24. The zero-order valence-electron chi connectivity index (χ0n) is 11.6. The van der Waals surface area contributed by atoms with Crippen LogP contribution in [0, 0.1) is 19.7 Å². The molecule has 5 heteroatoms. The van der Waals surface area contributed by atoms with E-state index in [1.807, 2.05) is 0 Å². The molecular formula is C16H15F4N. The Morgan fingerprint density at radius 2 is 1.52 bits per heavy atom. The van der Waals surface area contributed by atoms with Crippen LogP contribution in [0.5, 0.6) is 0 Å². The molecule has 0 saturated carbocycles. The van der Waals surface area contributed by atoms with Gasteiger partial charge in [-0.05, 0) is 48.2 Å². The number of aryl methyl sites for hydroxylation is 2. The summed E-state index contributed by atoms with van der Waals surface area (Å²) in [6.07, 6.45) is -4.41. The highest BCUT2D eigenvalue weighted by Gasteiger charge is 2.30. The molecule has 2 aromatic rings. The van der Waals surface area contributed by atoms with Gasteiger partial charge in [-0.2, -0.15) is 13.2 Å². The number of alkyl halides is 3. The van der Waals surface area contributed by atoms with Gasteiger partial charge in [0.15, 0.2) is 0 Å². The van der Waals surface area contributed by atoms with Gasteiger partial charge >= 0.3 is 6.18 Å². The smallest absolute Gasteiger partial charge is 0.320 e. The Hall–Kier alpha value is -1.88. The van der Waals surface area contributed by atoms with Crippen LogP contribution in [0.2, 0.25) is 0 Å². The Kier molecular flexibility index (Phi) is 4.05. The lowest BCUT2D eigenvalue weighted by molar-refractivity contribution is -0.137. The minimum Gasteiger partial charge on any atom is -0.320 e. The van der Waals surface area contributed by atoms with E-state index in [0.717, 1.165) is 12.1 Å². The quantitative estimate of drug-likeness (QED) is 0.811. The van der Waals surface area contributed by atoms with Gasteiger partial charge in [0.2, 0.25) is 0 Å². The Labute approximate surface area is 120 Å². The first-order valence-corrected chi connectivity index (χ1v) is 6.39. The maximum atomic E-state index is 13.6. The lowest BCUT2D eigenvalue weighted by atomic mass is 9.95. The lowest BCUT2D eigenvalue weighted by Gasteiger charge is -2.16. The summed E-state index contributed by atoms with van der Waals surface area (Å²) >= 11 is 0. The van der Waals surface area contributed by atoms with Gasteiger partial charge in [0.1, 0.15) is 5.82 Å². The average Bonchev–Trinajstić information content (AvgIpc) is 2.42. The third-order valence-electron chi connectivity index (χ3n) is 3.39. The second-order valence-electron chi connectivity index (χ2n) is 5.07. The van der Waals surface area contributed by atoms with E-state index >= 15 is 0 Å². The minimum absolute atomic E-state index is 0.324. The SMILES string of the molecule is Cc1cc(C(N)c2cccc(C(F)(F)F)c2)cc(C)c1F. The predicted molar refractivity (Wildman–Crippen MR) is 73.3 cm³/mol. The van der Waals surface area contributed by atoms with Gasteiger partial charge in [0.05, 0.1) is 11.6 Å². The summed E-state index contributed by atoms with van der Waals surface area (Å²) in [6.45, 7) is 3.20. The van der Waals surface area contributed by atoms with E-state index in [4.69, 9.17) is 5.73 Å². The lowest BCUT2D eigenvalue weighted by Crippen LogP contribution is -2.14. The molecule has 0 aliphatic rings. The summed E-state index contributed by atoms with van der Waals surface area (Å²) in [7, 11) is 0. The van der Waals surface area contributed by atoms with Gasteiger partial charge in [-0.3, -0.25) is 0 Å². The van der Waals surface area contributed by atoms with Gasteiger partial charge in [0, 0.05) is 0 Å². The molecule has 0 aliphatic heterocycles. The number of nitrogens with two attached hydrogens (primary N) is 1. The molecule has 112 valence electrons. The summed E-state index contributed by atoms with van der Waals surface area (Å²) < 4.78 is 51.8. The first kappa shape index (κ1) is 15.5. The Balaban J connectivity index is 2.43. The average molecular weight is 297 g/mol. The van der Waals surface area contributed by atoms with Crippen LogP contribution < -0.4 is 5.73 Å². The van der Waals surface area contributed by atoms with Crippen LogP contribution >= 0.6 is 0 Å². The van der Waals surface area contributed by atoms with E-state index in [0.29, 0.717) is 22.3 Å². The summed E-state index contributed by atoms with van der Waals surface area (Å²) in [5.74, 6) is -0.324. The number of halogens is 4. The largest absolute Gasteiger partial charge is 0.416 e. The van der Waals surface area contributed by atoms with Gasteiger partial charge < -0.3 is 5.73 Å². The predicted octanol–water partition coefficient (Wildman–Crippen LogP) is 4.51. The summed E-state index contributed by atoms with van der Waals surface area (Å²) in [5.41, 5.74) is 7.06. The second kappa shape index (κ2) is 5.48. The molecule has 0 aliphatic carbocycles. The van der Waals surface area contributed by atoms with Crippen molar-refractivity contribution in [3.63, 3.8) is 0 Å². The molecular weight excluding hydrogens is 282 g/mol. The highest BCUT2D eigenvalue weighted by Crippen LogP contribution is 2.32. The Bertz CT molecular complexity index is 639. The fraction of sp³-hybridized carbons (Fsp3) is 0.250. The molecule has 21 heavy (non-hydrogen) atoms. The number of benzene rings is 2. The molecule has 0 radical (unpaired) electrons. The zero-order chi connectivity index (χ0) is 15.8. The van der Waals surface area contributed by atoms with Crippen LogP contribution in [0.4, 0.5) is 17.6 Å². The zero-order valence-corrected chi connectivity index (χ0v) is 11.6. The molecule has 2 aromatic carbocycles. The molecule has 1 nitrogen and oxygen atoms in total. The van der Waals surface area contributed by atoms with Crippen molar-refractivity contribution in [2.45, 2.75) is 26.1 Å². The molecule has 1 atom stereocenters. The maximum absolute atomic E-state index is 13.6. The van der Waals surface area contributed by atoms with Crippen molar-refractivity contribution in [2.75, 3.05) is 0 Å². The maximum Gasteiger partial charge on any atom is 0.416 e. The van der Waals surface area contributed by atoms with Crippen molar-refractivity contribution >= 4 is 0 Å². The molecule has 0 heterocycles. The summed E-state index contributed by atoms with van der Waals surface area (Å²) in [5, 5.41) is 0. The highest BCUT2D eigenvalue weighted by atomic mass is 19.4. The van der Waals surface area contributed by atoms with Crippen LogP contribution in [0.15, 0.2) is 36.4 Å². The fourth-order valence-electron chi connectivity index (χ4n) is 2.26. The molecule has 2 rings (SSSR count).